The lowest BCUT2D eigenvalue weighted by molar-refractivity contribution is -0.385. The Labute approximate surface area is 119 Å². The molecule has 0 aliphatic carbocycles. The molecule has 0 unspecified atom stereocenters. The number of benzene rings is 2. The zero-order valence-corrected chi connectivity index (χ0v) is 10.8. The molecule has 1 aromatic heterocycles. The van der Waals surface area contributed by atoms with E-state index in [0.29, 0.717) is 28.1 Å². The summed E-state index contributed by atoms with van der Waals surface area (Å²) in [6.45, 7) is 6.82. The van der Waals surface area contributed by atoms with Crippen LogP contribution in [-0.2, 0) is 6.54 Å². The summed E-state index contributed by atoms with van der Waals surface area (Å²) in [5, 5.41) is 11.1. The third kappa shape index (κ3) is 2.32. The van der Waals surface area contributed by atoms with Crippen molar-refractivity contribution < 1.29 is 9.34 Å². The van der Waals surface area contributed by atoms with E-state index in [1.165, 1.54) is 6.07 Å². The number of para-hydroxylation sites is 2. The van der Waals surface area contributed by atoms with Crippen LogP contribution in [-0.4, -0.2) is 9.91 Å². The van der Waals surface area contributed by atoms with Gasteiger partial charge < -0.3 is 9.26 Å². The molecule has 2 aromatic carbocycles. The smallest absolute Gasteiger partial charge is 0.280 e. The van der Waals surface area contributed by atoms with Gasteiger partial charge in [-0.1, -0.05) is 12.1 Å². The van der Waals surface area contributed by atoms with Crippen molar-refractivity contribution >= 4 is 16.8 Å². The number of hydrogen-bond acceptors (Lipinski definition) is 4. The topological polar surface area (TPSA) is 73.5 Å². The van der Waals surface area contributed by atoms with Gasteiger partial charge in [0, 0.05) is 11.6 Å². The molecule has 0 saturated carbocycles. The maximum absolute atomic E-state index is 11.1. The van der Waals surface area contributed by atoms with Crippen LogP contribution >= 0.6 is 0 Å². The van der Waals surface area contributed by atoms with Gasteiger partial charge in [-0.25, -0.2) is 11.6 Å². The zero-order chi connectivity index (χ0) is 14.8. The maximum atomic E-state index is 11.1. The minimum absolute atomic E-state index is 0.0237. The van der Waals surface area contributed by atoms with E-state index in [9.17, 15) is 10.1 Å². The highest BCUT2D eigenvalue weighted by molar-refractivity contribution is 5.76. The van der Waals surface area contributed by atoms with Crippen molar-refractivity contribution in [2.45, 2.75) is 6.54 Å². The second-order valence-corrected chi connectivity index (χ2v) is 4.40. The Morgan fingerprint density at radius 3 is 2.81 bits per heavy atom. The van der Waals surface area contributed by atoms with Gasteiger partial charge in [-0.05, 0) is 24.3 Å². The summed E-state index contributed by atoms with van der Waals surface area (Å²) in [6.07, 6.45) is 0. The summed E-state index contributed by atoms with van der Waals surface area (Å²) < 4.78 is 5.59. The summed E-state index contributed by atoms with van der Waals surface area (Å²) >= 11 is 0. The average Bonchev–Trinajstić information content (AvgIpc) is 2.91. The van der Waals surface area contributed by atoms with Crippen LogP contribution in [0.15, 0.2) is 46.9 Å². The molecule has 0 N–H and O–H groups in total. The fraction of sp³-hybridized carbons (Fsp3) is 0.0667. The standard InChI is InChI=1S/C15H9N3O3/c1-16-9-11-7-6-10(8-13(11)18(19)20)15-17-12-4-2-3-5-14(12)21-15/h2-8H,9H2. The predicted octanol–water partition coefficient (Wildman–Crippen LogP) is 3.82. The van der Waals surface area contributed by atoms with Gasteiger partial charge in [-0.3, -0.25) is 10.1 Å². The van der Waals surface area contributed by atoms with Crippen LogP contribution < -0.4 is 0 Å². The Morgan fingerprint density at radius 2 is 2.10 bits per heavy atom. The lowest BCUT2D eigenvalue weighted by Gasteiger charge is -1.99. The van der Waals surface area contributed by atoms with Crippen molar-refractivity contribution in [3.05, 3.63) is 69.6 Å². The van der Waals surface area contributed by atoms with Gasteiger partial charge in [-0.2, -0.15) is 0 Å². The Hall–Kier alpha value is -3.20. The number of fused-ring (bicyclic) bond motifs is 1. The number of nitro benzene ring substituents is 1. The van der Waals surface area contributed by atoms with Gasteiger partial charge in [0.2, 0.25) is 12.4 Å². The Morgan fingerprint density at radius 1 is 1.29 bits per heavy atom. The number of rotatable bonds is 3. The van der Waals surface area contributed by atoms with E-state index in [1.54, 1.807) is 18.2 Å². The molecule has 0 bridgehead atoms. The molecule has 0 amide bonds. The quantitative estimate of drug-likeness (QED) is 0.415. The minimum atomic E-state index is -0.493. The van der Waals surface area contributed by atoms with Crippen LogP contribution in [0.5, 0.6) is 0 Å². The van der Waals surface area contributed by atoms with E-state index in [-0.39, 0.29) is 12.2 Å². The molecule has 0 aliphatic heterocycles. The summed E-state index contributed by atoms with van der Waals surface area (Å²) in [5.41, 5.74) is 2.13. The highest BCUT2D eigenvalue weighted by Crippen LogP contribution is 2.29. The summed E-state index contributed by atoms with van der Waals surface area (Å²) in [4.78, 5) is 18.1. The molecule has 0 aliphatic rings. The Kier molecular flexibility index (Phi) is 3.09. The predicted molar refractivity (Wildman–Crippen MR) is 76.4 cm³/mol. The van der Waals surface area contributed by atoms with Gasteiger partial charge in [0.25, 0.3) is 5.69 Å². The molecule has 0 atom stereocenters. The van der Waals surface area contributed by atoms with Crippen LogP contribution in [0.4, 0.5) is 5.69 Å². The fourth-order valence-electron chi connectivity index (χ4n) is 2.08. The Bertz CT molecular complexity index is 844. The second-order valence-electron chi connectivity index (χ2n) is 4.40. The lowest BCUT2D eigenvalue weighted by Crippen LogP contribution is -1.94. The number of hydrogen-bond donors (Lipinski definition) is 0. The Balaban J connectivity index is 2.12. The van der Waals surface area contributed by atoms with Crippen LogP contribution in [0.25, 0.3) is 27.4 Å². The maximum Gasteiger partial charge on any atom is 0.280 e. The van der Waals surface area contributed by atoms with E-state index >= 15 is 0 Å². The molecular weight excluding hydrogens is 270 g/mol. The molecule has 102 valence electrons. The first-order valence-electron chi connectivity index (χ1n) is 6.15. The molecule has 6 nitrogen and oxygen atoms in total. The molecule has 6 heteroatoms. The molecule has 3 rings (SSSR count). The van der Waals surface area contributed by atoms with E-state index in [0.717, 1.165) is 0 Å². The van der Waals surface area contributed by atoms with Gasteiger partial charge >= 0.3 is 0 Å². The van der Waals surface area contributed by atoms with Crippen LogP contribution in [0.1, 0.15) is 5.56 Å². The summed E-state index contributed by atoms with van der Waals surface area (Å²) in [7, 11) is 0. The molecule has 0 spiro atoms. The van der Waals surface area contributed by atoms with Crippen LogP contribution in [0.2, 0.25) is 0 Å². The van der Waals surface area contributed by atoms with E-state index < -0.39 is 4.92 Å². The molecule has 21 heavy (non-hydrogen) atoms. The number of nitrogens with zero attached hydrogens (tertiary/aromatic N) is 3. The van der Waals surface area contributed by atoms with Crippen LogP contribution in [0.3, 0.4) is 0 Å². The third-order valence-corrected chi connectivity index (χ3v) is 3.07. The zero-order valence-electron chi connectivity index (χ0n) is 10.8. The SMILES string of the molecule is [C-]#[N+]Cc1ccc(-c2nc3ccccc3o2)cc1[N+](=O)[O-]. The monoisotopic (exact) mass is 279 g/mol. The van der Waals surface area contributed by atoms with Crippen molar-refractivity contribution in [1.82, 2.24) is 4.98 Å². The largest absolute Gasteiger partial charge is 0.436 e. The number of oxazole rings is 1. The van der Waals surface area contributed by atoms with Gasteiger partial charge in [-0.15, -0.1) is 0 Å². The fourth-order valence-corrected chi connectivity index (χ4v) is 2.08. The van der Waals surface area contributed by atoms with Crippen molar-refractivity contribution in [1.29, 1.82) is 0 Å². The normalized spacial score (nSPS) is 10.4. The average molecular weight is 279 g/mol. The molecule has 0 fully saturated rings. The van der Waals surface area contributed by atoms with Gasteiger partial charge in [0.15, 0.2) is 5.58 Å². The summed E-state index contributed by atoms with van der Waals surface area (Å²) in [6, 6.07) is 11.9. The van der Waals surface area contributed by atoms with E-state index in [1.807, 2.05) is 18.2 Å². The van der Waals surface area contributed by atoms with Crippen molar-refractivity contribution in [3.63, 3.8) is 0 Å². The first-order chi connectivity index (χ1) is 10.2. The molecule has 3 aromatic rings. The van der Waals surface area contributed by atoms with Gasteiger partial charge in [0.1, 0.15) is 11.1 Å². The second kappa shape index (κ2) is 5.06. The summed E-state index contributed by atoms with van der Waals surface area (Å²) in [5.74, 6) is 0.327. The number of nitro groups is 1. The van der Waals surface area contributed by atoms with Crippen molar-refractivity contribution in [3.8, 4) is 11.5 Å². The van der Waals surface area contributed by atoms with Crippen LogP contribution in [0, 0.1) is 16.7 Å². The van der Waals surface area contributed by atoms with Crippen molar-refractivity contribution in [2.75, 3.05) is 0 Å². The highest BCUT2D eigenvalue weighted by Gasteiger charge is 2.19. The number of aromatic nitrogens is 1. The molecule has 0 radical (unpaired) electrons. The molecule has 1 heterocycles. The molecule has 0 saturated heterocycles. The highest BCUT2D eigenvalue weighted by atomic mass is 16.6. The third-order valence-electron chi connectivity index (χ3n) is 3.07. The molecular formula is C15H9N3O3. The van der Waals surface area contributed by atoms with E-state index in [2.05, 4.69) is 9.83 Å². The lowest BCUT2D eigenvalue weighted by atomic mass is 10.1. The first-order valence-corrected chi connectivity index (χ1v) is 6.15. The van der Waals surface area contributed by atoms with Gasteiger partial charge in [0.05, 0.1) is 4.92 Å². The minimum Gasteiger partial charge on any atom is -0.436 e. The van der Waals surface area contributed by atoms with E-state index in [4.69, 9.17) is 11.0 Å². The first kappa shape index (κ1) is 12.8. The van der Waals surface area contributed by atoms with Crippen molar-refractivity contribution in [2.24, 2.45) is 0 Å².